The molecule has 0 aliphatic rings. The van der Waals surface area contributed by atoms with E-state index in [4.69, 9.17) is 86.8 Å². The summed E-state index contributed by atoms with van der Waals surface area (Å²) >= 11 is 0. The Bertz CT molecular complexity index is 714. The zero-order valence-corrected chi connectivity index (χ0v) is 41.2. The molecular weight excluding hydrogens is 868 g/mol. The number of carboxylic acids is 2. The first-order valence-corrected chi connectivity index (χ1v) is 24.5. The van der Waals surface area contributed by atoms with E-state index in [2.05, 4.69) is 13.8 Å². The number of hydrogen-bond acceptors (Lipinski definition) is 17. The Balaban J connectivity index is -0.000000133. The van der Waals surface area contributed by atoms with Gasteiger partial charge in [-0.1, -0.05) is 168 Å². The molecule has 17 N–H and O–H groups in total. The van der Waals surface area contributed by atoms with Crippen molar-refractivity contribution in [3.63, 3.8) is 0 Å². The van der Waals surface area contributed by atoms with E-state index in [9.17, 15) is 9.59 Å². The molecule has 0 spiro atoms. The van der Waals surface area contributed by atoms with Crippen LogP contribution in [0.25, 0.3) is 0 Å². The molecule has 0 bridgehead atoms. The van der Waals surface area contributed by atoms with Crippen LogP contribution in [0.15, 0.2) is 0 Å². The lowest BCUT2D eigenvalue weighted by molar-refractivity contribution is -0.138. The van der Waals surface area contributed by atoms with Crippen molar-refractivity contribution in [1.29, 1.82) is 0 Å². The van der Waals surface area contributed by atoms with Crippen molar-refractivity contribution < 1.29 is 96.4 Å². The molecule has 0 heterocycles. The topological polar surface area (TPSA) is 378 Å². The molecule has 0 aliphatic carbocycles. The van der Waals surface area contributed by atoms with E-state index in [1.807, 2.05) is 0 Å². The largest absolute Gasteiger partial charge is 0.481 e. The molecule has 0 saturated carbocycles. The Morgan fingerprint density at radius 2 is 0.379 bits per heavy atom. The summed E-state index contributed by atoms with van der Waals surface area (Å²) in [7, 11) is 0. The summed E-state index contributed by atoms with van der Waals surface area (Å²) in [6.45, 7) is 0.875. The van der Waals surface area contributed by atoms with Crippen LogP contribution >= 0.6 is 0 Å². The van der Waals surface area contributed by atoms with Gasteiger partial charge >= 0.3 is 11.9 Å². The second-order valence-electron chi connectivity index (χ2n) is 15.9. The summed E-state index contributed by atoms with van der Waals surface area (Å²) in [4.78, 5) is 20.6. The third kappa shape index (κ3) is 100. The Morgan fingerprint density at radius 3 is 0.470 bits per heavy atom. The molecule has 0 saturated heterocycles. The van der Waals surface area contributed by atoms with Gasteiger partial charge < -0.3 is 86.8 Å². The van der Waals surface area contributed by atoms with Crippen molar-refractivity contribution in [3.8, 4) is 0 Å². The second kappa shape index (κ2) is 74.9. The quantitative estimate of drug-likeness (QED) is 0.0395. The summed E-state index contributed by atoms with van der Waals surface area (Å²) in [5.74, 6) is -1.31. The molecule has 66 heavy (non-hydrogen) atoms. The third-order valence-electron chi connectivity index (χ3n) is 9.10. The molecule has 0 aliphatic heterocycles. The fourth-order valence-corrected chi connectivity index (χ4v) is 4.88. The van der Waals surface area contributed by atoms with Gasteiger partial charge in [0.15, 0.2) is 0 Å². The molecular formula is C47H104O19. The van der Waals surface area contributed by atoms with Crippen LogP contribution in [-0.4, -0.2) is 195 Å². The highest BCUT2D eigenvalue weighted by Crippen LogP contribution is 2.14. The minimum Gasteiger partial charge on any atom is -0.481 e. The number of carboxylic acid groups (broad SMARTS) is 2. The van der Waals surface area contributed by atoms with Gasteiger partial charge in [0.1, 0.15) is 30.5 Å². The van der Waals surface area contributed by atoms with Gasteiger partial charge in [-0.2, -0.15) is 0 Å². The molecule has 406 valence electrons. The molecule has 0 unspecified atom stereocenters. The molecule has 19 nitrogen and oxygen atoms in total. The molecule has 19 heteroatoms. The first-order valence-electron chi connectivity index (χ1n) is 24.5. The van der Waals surface area contributed by atoms with Crippen LogP contribution in [0.5, 0.6) is 0 Å². The van der Waals surface area contributed by atoms with Crippen molar-refractivity contribution >= 4 is 11.9 Å². The number of aliphatic carboxylic acids is 2. The summed E-state index contributed by atoms with van der Waals surface area (Å²) in [5.41, 5.74) is 0. The Hall–Kier alpha value is -1.66. The lowest BCUT2D eigenvalue weighted by atomic mass is 10.0. The molecule has 0 amide bonds. The highest BCUT2D eigenvalue weighted by molar-refractivity contribution is 5.66. The normalized spacial score (nSPS) is 10.4. The second-order valence-corrected chi connectivity index (χ2v) is 15.9. The van der Waals surface area contributed by atoms with E-state index >= 15 is 0 Å². The van der Waals surface area contributed by atoms with Gasteiger partial charge in [-0.05, 0) is 12.8 Å². The minimum absolute atomic E-state index is 0.345. The van der Waals surface area contributed by atoms with Gasteiger partial charge in [-0.15, -0.1) is 0 Å². The minimum atomic E-state index is -0.954. The number of carbonyl (C=O) groups is 2. The molecule has 0 aromatic heterocycles. The molecule has 0 radical (unpaired) electrons. The van der Waals surface area contributed by atoms with E-state index in [0.717, 1.165) is 25.7 Å². The van der Waals surface area contributed by atoms with Crippen molar-refractivity contribution in [2.75, 3.05) is 66.1 Å². The van der Waals surface area contributed by atoms with Crippen molar-refractivity contribution in [1.82, 2.24) is 0 Å². The van der Waals surface area contributed by atoms with E-state index in [1.165, 1.54) is 141 Å². The zero-order valence-electron chi connectivity index (χ0n) is 41.2. The average Bonchev–Trinajstić information content (AvgIpc) is 3.33. The monoisotopic (exact) mass is 973 g/mol. The first-order chi connectivity index (χ1) is 31.6. The number of rotatable bonds is 38. The summed E-state index contributed by atoms with van der Waals surface area (Å²) in [6.07, 6.45) is 29.8. The molecule has 0 atom stereocenters. The van der Waals surface area contributed by atoms with Crippen LogP contribution in [-0.2, 0) is 9.59 Å². The average molecular weight is 973 g/mol. The van der Waals surface area contributed by atoms with Crippen LogP contribution in [0.2, 0.25) is 0 Å². The summed E-state index contributed by atoms with van der Waals surface area (Å²) < 4.78 is 0. The van der Waals surface area contributed by atoms with Crippen LogP contribution in [0.1, 0.15) is 194 Å². The Kier molecular flexibility index (Phi) is 89.1. The van der Waals surface area contributed by atoms with Gasteiger partial charge in [0.2, 0.25) is 0 Å². The van der Waals surface area contributed by atoms with E-state index in [0.29, 0.717) is 12.8 Å². The lowest BCUT2D eigenvalue weighted by Crippen LogP contribution is -2.15. The van der Waals surface area contributed by atoms with Gasteiger partial charge in [-0.3, -0.25) is 9.59 Å². The molecule has 0 fully saturated rings. The van der Waals surface area contributed by atoms with Crippen molar-refractivity contribution in [2.45, 2.75) is 224 Å². The van der Waals surface area contributed by atoms with Crippen LogP contribution in [0, 0.1) is 0 Å². The van der Waals surface area contributed by atoms with Crippen LogP contribution in [0.3, 0.4) is 0 Å². The zero-order chi connectivity index (χ0) is 51.9. The maximum Gasteiger partial charge on any atom is 0.303 e. The number of unbranched alkanes of at least 4 members (excludes halogenated alkanes) is 24. The fraction of sp³-hybridized carbons (Fsp3) is 0.957. The number of aliphatic hydroxyl groups is 15. The van der Waals surface area contributed by atoms with Crippen molar-refractivity contribution in [3.05, 3.63) is 0 Å². The van der Waals surface area contributed by atoms with E-state index < -0.39 is 42.5 Å². The Morgan fingerprint density at radius 1 is 0.258 bits per heavy atom. The van der Waals surface area contributed by atoms with Gasteiger partial charge in [0, 0.05) is 12.8 Å². The number of hydrogen-bond donors (Lipinski definition) is 17. The molecule has 0 rings (SSSR count). The predicted octanol–water partition coefficient (Wildman–Crippen LogP) is 2.76. The smallest absolute Gasteiger partial charge is 0.303 e. The highest BCUT2D eigenvalue weighted by Gasteiger charge is 2.00. The lowest BCUT2D eigenvalue weighted by Gasteiger charge is -2.02. The predicted molar refractivity (Wildman–Crippen MR) is 257 cm³/mol. The maximum atomic E-state index is 10.3. The number of aliphatic hydroxyl groups excluding tert-OH is 15. The summed E-state index contributed by atoms with van der Waals surface area (Å²) in [6, 6.07) is 0. The third-order valence-corrected chi connectivity index (χ3v) is 9.10. The van der Waals surface area contributed by atoms with Crippen LogP contribution in [0.4, 0.5) is 0 Å². The fourth-order valence-electron chi connectivity index (χ4n) is 4.88. The molecule has 0 aromatic carbocycles. The first kappa shape index (κ1) is 78.5. The van der Waals surface area contributed by atoms with Gasteiger partial charge in [0.25, 0.3) is 0 Å². The summed E-state index contributed by atoms with van der Waals surface area (Å²) in [5, 5.41) is 137. The Labute approximate surface area is 397 Å². The van der Waals surface area contributed by atoms with E-state index in [1.54, 1.807) is 0 Å². The van der Waals surface area contributed by atoms with Crippen LogP contribution < -0.4 is 0 Å². The van der Waals surface area contributed by atoms with Gasteiger partial charge in [-0.25, -0.2) is 0 Å². The van der Waals surface area contributed by atoms with Crippen molar-refractivity contribution in [2.24, 2.45) is 0 Å². The SMILES string of the molecule is CCCCCCCCCCCCCCCC(=O)O.CCCCCCCCCCCCCCCC(=O)O.OCC(O)CO.OCC(O)CO.OCC(O)CO.OCC(O)CO.OCC(O)CO. The maximum absolute atomic E-state index is 10.3. The standard InChI is InChI=1S/2C16H32O2.5C3H8O3/c2*1-2-3-4-5-6-7-8-9-10-11-12-13-14-15-16(17)18;5*4-1-3(6)2-5/h2*2-15H2,1H3,(H,17,18);5*3-6H,1-2H2. The highest BCUT2D eigenvalue weighted by atomic mass is 16.4. The molecule has 0 aromatic rings. The van der Waals surface area contributed by atoms with E-state index in [-0.39, 0.29) is 66.1 Å². The van der Waals surface area contributed by atoms with Gasteiger partial charge in [0.05, 0.1) is 66.1 Å².